The van der Waals surface area contributed by atoms with E-state index in [1.165, 1.54) is 12.5 Å². The van der Waals surface area contributed by atoms with Crippen molar-refractivity contribution in [2.75, 3.05) is 0 Å². The molecule has 0 aromatic carbocycles. The third kappa shape index (κ3) is 3.49. The number of furan rings is 1. The fourth-order valence-corrected chi connectivity index (χ4v) is 1.37. The van der Waals surface area contributed by atoms with Crippen LogP contribution in [0, 0.1) is 11.5 Å². The van der Waals surface area contributed by atoms with E-state index in [-0.39, 0.29) is 0 Å². The van der Waals surface area contributed by atoms with Crippen molar-refractivity contribution >= 4 is 8.07 Å². The average molecular weight is 194 g/mol. The molecule has 0 radical (unpaired) electrons. The number of hydrogen-bond acceptors (Lipinski definition) is 2. The molecule has 0 spiro atoms. The van der Waals surface area contributed by atoms with Gasteiger partial charge in [0.1, 0.15) is 14.2 Å². The minimum Gasteiger partial charge on any atom is -0.472 e. The molecule has 0 amide bonds. The number of hydrogen-bond donors (Lipinski definition) is 1. The second-order valence-electron chi connectivity index (χ2n) is 3.98. The van der Waals surface area contributed by atoms with Gasteiger partial charge >= 0.3 is 0 Å². The Bertz CT molecular complexity index is 311. The normalized spacial score (nSPS) is 13.2. The van der Waals surface area contributed by atoms with Crippen molar-refractivity contribution in [3.8, 4) is 11.5 Å². The van der Waals surface area contributed by atoms with E-state index in [1.807, 2.05) is 0 Å². The molecule has 1 N–H and O–H groups in total. The lowest BCUT2D eigenvalue weighted by Gasteiger charge is -2.05. The summed E-state index contributed by atoms with van der Waals surface area (Å²) < 4.78 is 4.85. The molecule has 0 bridgehead atoms. The molecule has 1 rings (SSSR count). The van der Waals surface area contributed by atoms with Crippen LogP contribution in [0.5, 0.6) is 0 Å². The highest BCUT2D eigenvalue weighted by Crippen LogP contribution is 2.11. The Balaban J connectivity index is 2.69. The summed E-state index contributed by atoms with van der Waals surface area (Å²) in [6, 6.07) is 1.73. The third-order valence-corrected chi connectivity index (χ3v) is 2.34. The van der Waals surface area contributed by atoms with Crippen molar-refractivity contribution in [3.63, 3.8) is 0 Å². The van der Waals surface area contributed by atoms with E-state index in [4.69, 9.17) is 4.42 Å². The zero-order valence-corrected chi connectivity index (χ0v) is 9.16. The van der Waals surface area contributed by atoms with Crippen LogP contribution in [-0.2, 0) is 0 Å². The summed E-state index contributed by atoms with van der Waals surface area (Å²) in [6.45, 7) is 6.42. The van der Waals surface area contributed by atoms with Gasteiger partial charge in [0.25, 0.3) is 0 Å². The van der Waals surface area contributed by atoms with Crippen molar-refractivity contribution in [3.05, 3.63) is 24.2 Å². The molecule has 0 aliphatic rings. The lowest BCUT2D eigenvalue weighted by molar-refractivity contribution is 0.237. The summed E-state index contributed by atoms with van der Waals surface area (Å²) in [6.07, 6.45) is 2.35. The van der Waals surface area contributed by atoms with E-state index >= 15 is 0 Å². The Labute approximate surface area is 79.6 Å². The highest BCUT2D eigenvalue weighted by atomic mass is 28.3. The third-order valence-electron chi connectivity index (χ3n) is 1.44. The van der Waals surface area contributed by atoms with E-state index in [2.05, 4.69) is 31.1 Å². The van der Waals surface area contributed by atoms with Gasteiger partial charge in [-0.05, 0) is 6.07 Å². The summed E-state index contributed by atoms with van der Waals surface area (Å²) >= 11 is 0. The first-order chi connectivity index (χ1) is 5.99. The Morgan fingerprint density at radius 3 is 2.62 bits per heavy atom. The Morgan fingerprint density at radius 2 is 2.15 bits per heavy atom. The first kappa shape index (κ1) is 10.1. The van der Waals surface area contributed by atoms with Crippen LogP contribution in [0.4, 0.5) is 0 Å². The van der Waals surface area contributed by atoms with Crippen LogP contribution >= 0.6 is 0 Å². The maximum atomic E-state index is 9.56. The van der Waals surface area contributed by atoms with Crippen LogP contribution in [0.25, 0.3) is 0 Å². The number of rotatable bonds is 1. The molecule has 1 unspecified atom stereocenters. The first-order valence-electron chi connectivity index (χ1n) is 4.22. The highest BCUT2D eigenvalue weighted by Gasteiger charge is 2.09. The fraction of sp³-hybridized carbons (Fsp3) is 0.400. The van der Waals surface area contributed by atoms with Gasteiger partial charge in [0.2, 0.25) is 0 Å². The van der Waals surface area contributed by atoms with Gasteiger partial charge in [-0.2, -0.15) is 0 Å². The Kier molecular flexibility index (Phi) is 2.97. The van der Waals surface area contributed by atoms with Gasteiger partial charge in [-0.15, -0.1) is 5.54 Å². The summed E-state index contributed by atoms with van der Waals surface area (Å²) in [7, 11) is -1.38. The monoisotopic (exact) mass is 194 g/mol. The van der Waals surface area contributed by atoms with Crippen LogP contribution in [0.15, 0.2) is 23.0 Å². The van der Waals surface area contributed by atoms with Gasteiger partial charge in [-0.1, -0.05) is 25.6 Å². The molecule has 0 fully saturated rings. The van der Waals surface area contributed by atoms with Gasteiger partial charge in [0, 0.05) is 5.56 Å². The number of aliphatic hydroxyl groups is 1. The molecule has 0 saturated heterocycles. The maximum Gasteiger partial charge on any atom is 0.142 e. The number of aliphatic hydroxyl groups excluding tert-OH is 1. The lowest BCUT2D eigenvalue weighted by Crippen LogP contribution is -2.16. The van der Waals surface area contributed by atoms with Crippen molar-refractivity contribution in [1.82, 2.24) is 0 Å². The Morgan fingerprint density at radius 1 is 1.46 bits per heavy atom. The molecular weight excluding hydrogens is 180 g/mol. The van der Waals surface area contributed by atoms with Crippen LogP contribution in [0.2, 0.25) is 19.6 Å². The summed E-state index contributed by atoms with van der Waals surface area (Å²) in [5.41, 5.74) is 3.83. The molecule has 1 aromatic rings. The van der Waals surface area contributed by atoms with Crippen molar-refractivity contribution in [1.29, 1.82) is 0 Å². The fourth-order valence-electron chi connectivity index (χ4n) is 0.799. The van der Waals surface area contributed by atoms with E-state index in [0.717, 1.165) is 5.56 Å². The molecule has 0 saturated carbocycles. The van der Waals surface area contributed by atoms with E-state index in [0.29, 0.717) is 0 Å². The highest BCUT2D eigenvalue weighted by molar-refractivity contribution is 6.83. The summed E-state index contributed by atoms with van der Waals surface area (Å²) in [4.78, 5) is 0. The molecule has 2 nitrogen and oxygen atoms in total. The standard InChI is InChI=1S/C10H14O2Si/c1-13(2,3)7-5-10(11)9-4-6-12-8-9/h4,6,8,10-11H,1-3H3. The predicted octanol–water partition coefficient (Wildman–Crippen LogP) is 2.19. The maximum absolute atomic E-state index is 9.56. The minimum atomic E-state index is -1.38. The summed E-state index contributed by atoms with van der Waals surface area (Å²) in [5.74, 6) is 2.83. The molecule has 3 heteroatoms. The van der Waals surface area contributed by atoms with E-state index < -0.39 is 14.2 Å². The Hall–Kier alpha value is -0.983. The van der Waals surface area contributed by atoms with Crippen molar-refractivity contribution < 1.29 is 9.52 Å². The van der Waals surface area contributed by atoms with Gasteiger partial charge in [-0.3, -0.25) is 0 Å². The second-order valence-corrected chi connectivity index (χ2v) is 8.73. The first-order valence-corrected chi connectivity index (χ1v) is 7.72. The molecule has 70 valence electrons. The quantitative estimate of drug-likeness (QED) is 0.549. The SMILES string of the molecule is C[Si](C)(C)C#CC(O)c1ccoc1. The zero-order chi connectivity index (χ0) is 9.90. The molecular formula is C10H14O2Si. The molecule has 1 atom stereocenters. The topological polar surface area (TPSA) is 33.4 Å². The largest absolute Gasteiger partial charge is 0.472 e. The summed E-state index contributed by atoms with van der Waals surface area (Å²) in [5, 5.41) is 9.56. The molecule has 0 aliphatic carbocycles. The molecule has 1 aromatic heterocycles. The van der Waals surface area contributed by atoms with E-state index in [9.17, 15) is 5.11 Å². The predicted molar refractivity (Wildman–Crippen MR) is 54.8 cm³/mol. The zero-order valence-electron chi connectivity index (χ0n) is 8.16. The molecule has 1 heterocycles. The molecule has 13 heavy (non-hydrogen) atoms. The second kappa shape index (κ2) is 3.82. The molecule has 0 aliphatic heterocycles. The van der Waals surface area contributed by atoms with E-state index in [1.54, 1.807) is 6.07 Å². The smallest absolute Gasteiger partial charge is 0.142 e. The van der Waals surface area contributed by atoms with Gasteiger partial charge < -0.3 is 9.52 Å². The van der Waals surface area contributed by atoms with Gasteiger partial charge in [-0.25, -0.2) is 0 Å². The lowest BCUT2D eigenvalue weighted by atomic mass is 10.2. The van der Waals surface area contributed by atoms with Crippen LogP contribution < -0.4 is 0 Å². The van der Waals surface area contributed by atoms with Crippen LogP contribution in [0.1, 0.15) is 11.7 Å². The van der Waals surface area contributed by atoms with Gasteiger partial charge in [0.05, 0.1) is 12.5 Å². The van der Waals surface area contributed by atoms with Gasteiger partial charge in [0.15, 0.2) is 0 Å². The average Bonchev–Trinajstić information content (AvgIpc) is 2.50. The van der Waals surface area contributed by atoms with Crippen molar-refractivity contribution in [2.45, 2.75) is 25.7 Å². The van der Waals surface area contributed by atoms with Crippen LogP contribution in [0.3, 0.4) is 0 Å². The minimum absolute atomic E-state index is 0.703. The van der Waals surface area contributed by atoms with Crippen molar-refractivity contribution in [2.24, 2.45) is 0 Å². The van der Waals surface area contributed by atoms with Crippen LogP contribution in [-0.4, -0.2) is 13.2 Å².